The van der Waals surface area contributed by atoms with Crippen molar-refractivity contribution in [3.63, 3.8) is 0 Å². The number of nitrogens with one attached hydrogen (secondary N) is 1. The summed E-state index contributed by atoms with van der Waals surface area (Å²) in [7, 11) is 0. The Balaban J connectivity index is 1.57. The second kappa shape index (κ2) is 8.52. The molecule has 0 spiro atoms. The highest BCUT2D eigenvalue weighted by Gasteiger charge is 2.23. The first-order valence-corrected chi connectivity index (χ1v) is 11.6. The Bertz CT molecular complexity index is 1190. The molecule has 0 atom stereocenters. The van der Waals surface area contributed by atoms with Crippen LogP contribution in [0.1, 0.15) is 16.9 Å². The smallest absolute Gasteiger partial charge is 0.263 e. The maximum absolute atomic E-state index is 13.1. The largest absolute Gasteiger partial charge is 0.325 e. The molecule has 1 aromatic carbocycles. The molecule has 3 aromatic rings. The highest BCUT2D eigenvalue weighted by molar-refractivity contribution is 7.99. The van der Waals surface area contributed by atoms with Gasteiger partial charge in [0.05, 0.1) is 21.2 Å². The van der Waals surface area contributed by atoms with Crippen LogP contribution in [0.25, 0.3) is 10.2 Å². The molecule has 0 aliphatic heterocycles. The molecule has 29 heavy (non-hydrogen) atoms. The molecule has 5 nitrogen and oxygen atoms in total. The third kappa shape index (κ3) is 4.10. The van der Waals surface area contributed by atoms with Gasteiger partial charge in [0, 0.05) is 17.1 Å². The van der Waals surface area contributed by atoms with E-state index in [0.29, 0.717) is 27.4 Å². The minimum atomic E-state index is -0.221. The molecule has 4 rings (SSSR count). The number of amides is 1. The van der Waals surface area contributed by atoms with Gasteiger partial charge in [0.2, 0.25) is 5.91 Å². The van der Waals surface area contributed by atoms with Gasteiger partial charge in [-0.2, -0.15) is 0 Å². The molecule has 1 amide bonds. The fourth-order valence-electron chi connectivity index (χ4n) is 3.36. The van der Waals surface area contributed by atoms with Gasteiger partial charge < -0.3 is 5.32 Å². The predicted octanol–water partition coefficient (Wildman–Crippen LogP) is 5.17. The molecule has 0 saturated carbocycles. The highest BCUT2D eigenvalue weighted by atomic mass is 35.5. The van der Waals surface area contributed by atoms with Gasteiger partial charge in [0.15, 0.2) is 5.16 Å². The lowest BCUT2D eigenvalue weighted by atomic mass is 10.2. The summed E-state index contributed by atoms with van der Waals surface area (Å²) in [5.41, 5.74) is 1.66. The number of anilines is 1. The number of hydrogen-bond donors (Lipinski definition) is 1. The number of thiophene rings is 1. The van der Waals surface area contributed by atoms with Crippen LogP contribution in [0.3, 0.4) is 0 Å². The molecule has 1 aliphatic rings. The van der Waals surface area contributed by atoms with Crippen molar-refractivity contribution in [1.29, 1.82) is 0 Å². The van der Waals surface area contributed by atoms with Crippen molar-refractivity contribution in [2.45, 2.75) is 31.0 Å². The Morgan fingerprint density at radius 2 is 2.17 bits per heavy atom. The molecule has 0 fully saturated rings. The van der Waals surface area contributed by atoms with Gasteiger partial charge in [-0.05, 0) is 43.0 Å². The molecule has 0 unspecified atom stereocenters. The monoisotopic (exact) mass is 465 g/mol. The highest BCUT2D eigenvalue weighted by Crippen LogP contribution is 2.35. The zero-order valence-electron chi connectivity index (χ0n) is 15.3. The van der Waals surface area contributed by atoms with Crippen LogP contribution in [0, 0.1) is 0 Å². The first kappa shape index (κ1) is 20.5. The predicted molar refractivity (Wildman–Crippen MR) is 122 cm³/mol. The van der Waals surface area contributed by atoms with Gasteiger partial charge in [0.25, 0.3) is 5.56 Å². The summed E-state index contributed by atoms with van der Waals surface area (Å²) < 4.78 is 1.59. The normalized spacial score (nSPS) is 12.9. The van der Waals surface area contributed by atoms with E-state index in [1.54, 1.807) is 40.2 Å². The summed E-state index contributed by atoms with van der Waals surface area (Å²) in [6.07, 6.45) is 4.69. The molecule has 150 valence electrons. The van der Waals surface area contributed by atoms with E-state index in [2.05, 4.69) is 11.9 Å². The number of halogens is 2. The first-order valence-electron chi connectivity index (χ1n) is 9.01. The molecule has 0 bridgehead atoms. The van der Waals surface area contributed by atoms with Crippen LogP contribution in [0.2, 0.25) is 10.0 Å². The minimum Gasteiger partial charge on any atom is -0.325 e. The minimum absolute atomic E-state index is 0.0540. The second-order valence-corrected chi connectivity index (χ2v) is 9.44. The Hall–Kier alpha value is -1.80. The topological polar surface area (TPSA) is 64.0 Å². The van der Waals surface area contributed by atoms with Crippen molar-refractivity contribution in [3.05, 3.63) is 61.7 Å². The van der Waals surface area contributed by atoms with Gasteiger partial charge in [-0.15, -0.1) is 17.9 Å². The lowest BCUT2D eigenvalue weighted by Gasteiger charge is -2.11. The fraction of sp³-hybridized carbons (Fsp3) is 0.250. The number of carbonyl (C=O) groups excluding carboxylic acids is 1. The maximum atomic E-state index is 13.1. The number of nitrogens with zero attached hydrogens (tertiary/aromatic N) is 2. The van der Waals surface area contributed by atoms with E-state index >= 15 is 0 Å². The van der Waals surface area contributed by atoms with Crippen molar-refractivity contribution in [1.82, 2.24) is 9.55 Å². The first-order chi connectivity index (χ1) is 14.0. The third-order valence-corrected chi connectivity index (χ3v) is 7.54. The number of benzene rings is 1. The number of fused-ring (bicyclic) bond motifs is 3. The fourth-order valence-corrected chi connectivity index (χ4v) is 5.77. The van der Waals surface area contributed by atoms with Crippen molar-refractivity contribution in [2.24, 2.45) is 0 Å². The number of carbonyl (C=O) groups is 1. The summed E-state index contributed by atoms with van der Waals surface area (Å²) in [6.45, 7) is 4.10. The average molecular weight is 466 g/mol. The van der Waals surface area contributed by atoms with Crippen LogP contribution in [0.4, 0.5) is 5.69 Å². The van der Waals surface area contributed by atoms with Crippen LogP contribution < -0.4 is 10.9 Å². The SMILES string of the molecule is C=CCn1c(SCC(=O)Nc2ccc(Cl)c(Cl)c2)nc2sc3c(c2c1=O)CCC3. The van der Waals surface area contributed by atoms with E-state index in [1.807, 2.05) is 0 Å². The number of aryl methyl sites for hydroxylation is 2. The number of allylic oxidation sites excluding steroid dienone is 1. The van der Waals surface area contributed by atoms with Crippen LogP contribution in [0.15, 0.2) is 40.8 Å². The molecule has 9 heteroatoms. The quantitative estimate of drug-likeness (QED) is 0.309. The summed E-state index contributed by atoms with van der Waals surface area (Å²) in [5.74, 6) is -0.109. The zero-order chi connectivity index (χ0) is 20.5. The Labute approximate surface area is 185 Å². The van der Waals surface area contributed by atoms with E-state index in [0.717, 1.165) is 35.0 Å². The molecule has 1 aliphatic carbocycles. The summed E-state index contributed by atoms with van der Waals surface area (Å²) in [5, 5.41) is 4.82. The second-order valence-electron chi connectivity index (χ2n) is 6.60. The van der Waals surface area contributed by atoms with Crippen LogP contribution in [0.5, 0.6) is 0 Å². The molecule has 0 saturated heterocycles. The number of thioether (sulfide) groups is 1. The third-order valence-electron chi connectivity index (χ3n) is 4.64. The van der Waals surface area contributed by atoms with Crippen molar-refractivity contribution in [3.8, 4) is 0 Å². The molecule has 1 N–H and O–H groups in total. The standard InChI is InChI=1S/C20H17Cl2N3O2S2/c1-2-8-25-19(27)17-12-4-3-5-15(12)29-18(17)24-20(25)28-10-16(26)23-11-6-7-13(21)14(22)9-11/h2,6-7,9H,1,3-5,8,10H2,(H,23,26). The molecule has 2 aromatic heterocycles. The van der Waals surface area contributed by atoms with Gasteiger partial charge in [-0.1, -0.05) is 41.0 Å². The summed E-state index contributed by atoms with van der Waals surface area (Å²) in [4.78, 5) is 32.2. The van der Waals surface area contributed by atoms with E-state index < -0.39 is 0 Å². The van der Waals surface area contributed by atoms with E-state index in [9.17, 15) is 9.59 Å². The zero-order valence-corrected chi connectivity index (χ0v) is 18.5. The summed E-state index contributed by atoms with van der Waals surface area (Å²) >= 11 is 14.7. The van der Waals surface area contributed by atoms with Crippen LogP contribution in [-0.4, -0.2) is 21.2 Å². The molecule has 2 heterocycles. The van der Waals surface area contributed by atoms with Crippen molar-refractivity contribution in [2.75, 3.05) is 11.1 Å². The van der Waals surface area contributed by atoms with Crippen molar-refractivity contribution >= 4 is 68.1 Å². The number of aromatic nitrogens is 2. The summed E-state index contributed by atoms with van der Waals surface area (Å²) in [6, 6.07) is 4.90. The Morgan fingerprint density at radius 3 is 2.93 bits per heavy atom. The van der Waals surface area contributed by atoms with Crippen LogP contribution >= 0.6 is 46.3 Å². The molecular weight excluding hydrogens is 449 g/mol. The molecule has 0 radical (unpaired) electrons. The van der Waals surface area contributed by atoms with E-state index in [-0.39, 0.29) is 17.2 Å². The van der Waals surface area contributed by atoms with E-state index in [4.69, 9.17) is 28.2 Å². The number of hydrogen-bond acceptors (Lipinski definition) is 5. The Kier molecular flexibility index (Phi) is 6.01. The van der Waals surface area contributed by atoms with Gasteiger partial charge >= 0.3 is 0 Å². The van der Waals surface area contributed by atoms with Crippen molar-refractivity contribution < 1.29 is 4.79 Å². The van der Waals surface area contributed by atoms with E-state index in [1.165, 1.54) is 16.6 Å². The number of rotatable bonds is 6. The molecular formula is C20H17Cl2N3O2S2. The van der Waals surface area contributed by atoms with Crippen LogP contribution in [-0.2, 0) is 24.2 Å². The van der Waals surface area contributed by atoms with Gasteiger partial charge in [-0.25, -0.2) is 4.98 Å². The average Bonchev–Trinajstić information content (AvgIpc) is 3.26. The maximum Gasteiger partial charge on any atom is 0.263 e. The van der Waals surface area contributed by atoms with Gasteiger partial charge in [0.1, 0.15) is 4.83 Å². The Morgan fingerprint density at radius 1 is 1.34 bits per heavy atom. The van der Waals surface area contributed by atoms with Gasteiger partial charge in [-0.3, -0.25) is 14.2 Å². The lowest BCUT2D eigenvalue weighted by Crippen LogP contribution is -2.24. The lowest BCUT2D eigenvalue weighted by molar-refractivity contribution is -0.113.